The van der Waals surface area contributed by atoms with Gasteiger partial charge in [0.05, 0.1) is 13.2 Å². The van der Waals surface area contributed by atoms with Gasteiger partial charge in [0.15, 0.2) is 0 Å². The molecular weight excluding hydrogens is 164 g/mol. The fourth-order valence-electron chi connectivity index (χ4n) is 0.518. The van der Waals surface area contributed by atoms with Crippen molar-refractivity contribution in [2.75, 3.05) is 13.2 Å². The van der Waals surface area contributed by atoms with E-state index in [0.717, 1.165) is 0 Å². The molecule has 12 heavy (non-hydrogen) atoms. The molecule has 6 nitrogen and oxygen atoms in total. The molecule has 0 aliphatic carbocycles. The molecular formula is C6H12N2O4. The summed E-state index contributed by atoms with van der Waals surface area (Å²) in [6, 6.07) is 0. The highest BCUT2D eigenvalue weighted by molar-refractivity contribution is 5.64. The normalized spacial score (nSPS) is 9.00. The summed E-state index contributed by atoms with van der Waals surface area (Å²) < 4.78 is 4.45. The van der Waals surface area contributed by atoms with Gasteiger partial charge in [0.2, 0.25) is 6.40 Å². The number of rotatable bonds is 7. The van der Waals surface area contributed by atoms with Crippen LogP contribution in [0.5, 0.6) is 0 Å². The number of unbranched alkanes of at least 4 members (excludes halogenated alkanes) is 1. The Balaban J connectivity index is 2.90. The van der Waals surface area contributed by atoms with Gasteiger partial charge >= 0.3 is 6.09 Å². The summed E-state index contributed by atoms with van der Waals surface area (Å²) in [5.41, 5.74) is 4.71. The third-order valence-corrected chi connectivity index (χ3v) is 0.982. The maximum Gasteiger partial charge on any atom is 0.404 e. The minimum atomic E-state index is -0.772. The summed E-state index contributed by atoms with van der Waals surface area (Å²) in [5, 5.41) is 6.42. The first kappa shape index (κ1) is 10.7. The number of carbonyl (C=O) groups is 1. The molecule has 0 spiro atoms. The van der Waals surface area contributed by atoms with E-state index in [-0.39, 0.29) is 6.61 Å². The van der Waals surface area contributed by atoms with Crippen molar-refractivity contribution in [3.05, 3.63) is 0 Å². The van der Waals surface area contributed by atoms with Crippen LogP contribution in [0.4, 0.5) is 4.79 Å². The van der Waals surface area contributed by atoms with Gasteiger partial charge in [-0.3, -0.25) is 5.41 Å². The van der Waals surface area contributed by atoms with Crippen LogP contribution in [0.15, 0.2) is 0 Å². The van der Waals surface area contributed by atoms with Crippen molar-refractivity contribution in [2.45, 2.75) is 12.8 Å². The van der Waals surface area contributed by atoms with Crippen LogP contribution < -0.4 is 5.73 Å². The molecule has 0 aliphatic heterocycles. The monoisotopic (exact) mass is 176 g/mol. The minimum absolute atomic E-state index is 0.281. The average Bonchev–Trinajstić information content (AvgIpc) is 2.02. The molecule has 0 heterocycles. The Morgan fingerprint density at radius 2 is 2.08 bits per heavy atom. The van der Waals surface area contributed by atoms with Crippen molar-refractivity contribution in [1.82, 2.24) is 0 Å². The highest BCUT2D eigenvalue weighted by atomic mass is 17.2. The van der Waals surface area contributed by atoms with E-state index in [2.05, 4.69) is 14.5 Å². The van der Waals surface area contributed by atoms with Gasteiger partial charge in [0.25, 0.3) is 0 Å². The third kappa shape index (κ3) is 8.70. The number of hydrogen-bond acceptors (Lipinski definition) is 5. The summed E-state index contributed by atoms with van der Waals surface area (Å²) in [6.07, 6.45) is 1.26. The van der Waals surface area contributed by atoms with Crippen LogP contribution in [-0.4, -0.2) is 25.7 Å². The molecule has 0 aromatic rings. The molecule has 70 valence electrons. The maximum atomic E-state index is 10.0. The molecule has 0 bridgehead atoms. The highest BCUT2D eigenvalue weighted by Gasteiger charge is 1.93. The maximum absolute atomic E-state index is 10.0. The van der Waals surface area contributed by atoms with Crippen molar-refractivity contribution >= 4 is 12.5 Å². The topological polar surface area (TPSA) is 94.6 Å². The van der Waals surface area contributed by atoms with E-state index in [1.165, 1.54) is 0 Å². The van der Waals surface area contributed by atoms with Crippen LogP contribution in [0, 0.1) is 5.41 Å². The van der Waals surface area contributed by atoms with E-state index in [1.807, 2.05) is 0 Å². The van der Waals surface area contributed by atoms with Crippen molar-refractivity contribution in [1.29, 1.82) is 5.41 Å². The number of ether oxygens (including phenoxy) is 1. The average molecular weight is 176 g/mol. The van der Waals surface area contributed by atoms with Gasteiger partial charge in [-0.15, -0.1) is 0 Å². The van der Waals surface area contributed by atoms with Gasteiger partial charge in [-0.25, -0.2) is 4.79 Å². The van der Waals surface area contributed by atoms with Crippen LogP contribution >= 0.6 is 0 Å². The lowest BCUT2D eigenvalue weighted by atomic mass is 10.3. The fourth-order valence-corrected chi connectivity index (χ4v) is 0.518. The zero-order chi connectivity index (χ0) is 9.23. The molecule has 3 N–H and O–H groups in total. The first-order chi connectivity index (χ1) is 5.77. The summed E-state index contributed by atoms with van der Waals surface area (Å²) in [4.78, 5) is 18.7. The lowest BCUT2D eigenvalue weighted by molar-refractivity contribution is -0.217. The Morgan fingerprint density at radius 3 is 2.67 bits per heavy atom. The molecule has 0 aromatic carbocycles. The molecule has 0 aromatic heterocycles. The Bertz CT molecular complexity index is 140. The number of carbonyl (C=O) groups excluding carboxylic acids is 1. The molecule has 0 radical (unpaired) electrons. The van der Waals surface area contributed by atoms with Gasteiger partial charge in [-0.2, -0.15) is 4.89 Å². The lowest BCUT2D eigenvalue weighted by Crippen LogP contribution is -2.13. The minimum Gasteiger partial charge on any atom is -0.450 e. The van der Waals surface area contributed by atoms with Gasteiger partial charge in [-0.05, 0) is 12.8 Å². The molecule has 0 saturated carbocycles. The molecule has 0 atom stereocenters. The van der Waals surface area contributed by atoms with Crippen LogP contribution in [0.2, 0.25) is 0 Å². The van der Waals surface area contributed by atoms with E-state index in [1.54, 1.807) is 0 Å². The first-order valence-corrected chi connectivity index (χ1v) is 3.47. The number of hydrogen-bond donors (Lipinski definition) is 2. The number of nitrogens with one attached hydrogen (secondary N) is 1. The zero-order valence-corrected chi connectivity index (χ0v) is 6.62. The van der Waals surface area contributed by atoms with Crippen LogP contribution in [0.25, 0.3) is 0 Å². The Hall–Kier alpha value is -1.30. The largest absolute Gasteiger partial charge is 0.450 e. The van der Waals surface area contributed by atoms with Crippen molar-refractivity contribution in [3.8, 4) is 0 Å². The number of amides is 1. The second-order valence-corrected chi connectivity index (χ2v) is 1.91. The zero-order valence-electron chi connectivity index (χ0n) is 6.62. The second-order valence-electron chi connectivity index (χ2n) is 1.91. The highest BCUT2D eigenvalue weighted by Crippen LogP contribution is 1.91. The standard InChI is InChI=1S/C6H12N2O4/c7-5-12-11-4-2-1-3-10-6(8)9/h5,7H,1-4H2,(H2,8,9). The van der Waals surface area contributed by atoms with Gasteiger partial charge in [0, 0.05) is 0 Å². The summed E-state index contributed by atoms with van der Waals surface area (Å²) >= 11 is 0. The van der Waals surface area contributed by atoms with E-state index >= 15 is 0 Å². The van der Waals surface area contributed by atoms with Crippen LogP contribution in [0.1, 0.15) is 12.8 Å². The Labute approximate surface area is 70.0 Å². The second kappa shape index (κ2) is 7.80. The van der Waals surface area contributed by atoms with E-state index < -0.39 is 6.09 Å². The van der Waals surface area contributed by atoms with Gasteiger partial charge in [0.1, 0.15) is 0 Å². The molecule has 0 unspecified atom stereocenters. The SMILES string of the molecule is N=COOCCCCOC(N)=O. The lowest BCUT2D eigenvalue weighted by Gasteiger charge is -2.00. The number of nitrogens with two attached hydrogens (primary N) is 1. The molecule has 0 rings (SSSR count). The summed E-state index contributed by atoms with van der Waals surface area (Å²) in [6.45, 7) is 0.640. The summed E-state index contributed by atoms with van der Waals surface area (Å²) in [7, 11) is 0. The van der Waals surface area contributed by atoms with Crippen molar-refractivity contribution in [3.63, 3.8) is 0 Å². The summed E-state index contributed by atoms with van der Waals surface area (Å²) in [5.74, 6) is 0. The predicted octanol–water partition coefficient (Wildman–Crippen LogP) is 0.417. The molecule has 1 amide bonds. The fraction of sp³-hybridized carbons (Fsp3) is 0.667. The molecule has 0 fully saturated rings. The number of primary amides is 1. The molecule has 6 heteroatoms. The van der Waals surface area contributed by atoms with Crippen LogP contribution in [0.3, 0.4) is 0 Å². The van der Waals surface area contributed by atoms with Gasteiger partial charge in [-0.1, -0.05) is 0 Å². The van der Waals surface area contributed by atoms with E-state index in [0.29, 0.717) is 25.8 Å². The quantitative estimate of drug-likeness (QED) is 0.193. The van der Waals surface area contributed by atoms with Crippen molar-refractivity contribution < 1.29 is 19.3 Å². The van der Waals surface area contributed by atoms with Crippen LogP contribution in [-0.2, 0) is 14.5 Å². The third-order valence-electron chi connectivity index (χ3n) is 0.982. The van der Waals surface area contributed by atoms with Crippen molar-refractivity contribution in [2.24, 2.45) is 5.73 Å². The Kier molecular flexibility index (Phi) is 6.96. The van der Waals surface area contributed by atoms with Gasteiger partial charge < -0.3 is 15.4 Å². The van der Waals surface area contributed by atoms with E-state index in [4.69, 9.17) is 11.1 Å². The first-order valence-electron chi connectivity index (χ1n) is 3.47. The predicted molar refractivity (Wildman–Crippen MR) is 40.6 cm³/mol. The van der Waals surface area contributed by atoms with E-state index in [9.17, 15) is 4.79 Å². The smallest absolute Gasteiger partial charge is 0.404 e. The Morgan fingerprint density at radius 1 is 1.42 bits per heavy atom. The molecule has 0 saturated heterocycles. The molecule has 0 aliphatic rings.